The van der Waals surface area contributed by atoms with Crippen LogP contribution < -0.4 is 4.90 Å². The van der Waals surface area contributed by atoms with Gasteiger partial charge in [0.15, 0.2) is 0 Å². The second-order valence-electron chi connectivity index (χ2n) is 7.22. The average Bonchev–Trinajstić information content (AvgIpc) is 3.21. The Morgan fingerprint density at radius 2 is 1.78 bits per heavy atom. The number of halogens is 1. The smallest absolute Gasteiger partial charge is 0.326 e. The number of amides is 2. The molecule has 0 spiro atoms. The highest BCUT2D eigenvalue weighted by atomic mass is 35.5. The lowest BCUT2D eigenvalue weighted by molar-refractivity contribution is -0.146. The minimum Gasteiger partial charge on any atom is -0.464 e. The van der Waals surface area contributed by atoms with Crippen molar-refractivity contribution in [1.29, 1.82) is 0 Å². The van der Waals surface area contributed by atoms with Crippen LogP contribution in [0.5, 0.6) is 0 Å². The van der Waals surface area contributed by atoms with Crippen molar-refractivity contribution in [2.45, 2.75) is 19.9 Å². The first-order valence-corrected chi connectivity index (χ1v) is 11.6. The van der Waals surface area contributed by atoms with Crippen LogP contribution in [0.25, 0.3) is 5.57 Å². The van der Waals surface area contributed by atoms with E-state index in [0.717, 1.165) is 23.0 Å². The van der Waals surface area contributed by atoms with Gasteiger partial charge in [0.2, 0.25) is 0 Å². The van der Waals surface area contributed by atoms with Gasteiger partial charge in [-0.3, -0.25) is 19.3 Å². The number of fused-ring (bicyclic) bond motifs is 1. The van der Waals surface area contributed by atoms with E-state index in [4.69, 9.17) is 28.6 Å². The first-order valence-electron chi connectivity index (χ1n) is 10.00. The lowest BCUT2D eigenvalue weighted by atomic mass is 10.1. The summed E-state index contributed by atoms with van der Waals surface area (Å²) in [6.45, 7) is 2.22. The van der Waals surface area contributed by atoms with Crippen molar-refractivity contribution in [3.8, 4) is 0 Å². The molecular formula is C23H19ClN2O4S2. The van der Waals surface area contributed by atoms with Gasteiger partial charge in [0.05, 0.1) is 29.3 Å². The van der Waals surface area contributed by atoms with E-state index in [2.05, 4.69) is 0 Å². The molecule has 0 unspecified atom stereocenters. The van der Waals surface area contributed by atoms with Crippen molar-refractivity contribution < 1.29 is 19.1 Å². The molecule has 2 aromatic rings. The molecule has 32 heavy (non-hydrogen) atoms. The van der Waals surface area contributed by atoms with Crippen LogP contribution in [0.15, 0.2) is 53.4 Å². The number of hydrogen-bond acceptors (Lipinski definition) is 6. The second-order valence-corrected chi connectivity index (χ2v) is 9.30. The lowest BCUT2D eigenvalue weighted by Gasteiger charge is -2.17. The molecule has 2 amide bonds. The molecule has 0 N–H and O–H groups in total. The third-order valence-electron chi connectivity index (χ3n) is 5.01. The van der Waals surface area contributed by atoms with Crippen molar-refractivity contribution in [2.75, 3.05) is 18.1 Å². The molecule has 2 heterocycles. The minimum atomic E-state index is -0.531. The molecule has 1 fully saturated rings. The Hall–Kier alpha value is -2.68. The monoisotopic (exact) mass is 486 g/mol. The molecule has 6 nitrogen and oxygen atoms in total. The van der Waals surface area contributed by atoms with Crippen LogP contribution in [0, 0.1) is 0 Å². The number of benzene rings is 2. The SMILES string of the molecule is CCCOC(=O)CN1C(=O)C(=C2C(=O)N(Cc3ccc(Cl)cc3)c3ccccc32)SC1=S. The van der Waals surface area contributed by atoms with Gasteiger partial charge in [-0.15, -0.1) is 0 Å². The molecule has 4 rings (SSSR count). The van der Waals surface area contributed by atoms with Gasteiger partial charge < -0.3 is 9.64 Å². The van der Waals surface area contributed by atoms with E-state index in [1.54, 1.807) is 17.0 Å². The number of nitrogens with zero attached hydrogens (tertiary/aromatic N) is 2. The summed E-state index contributed by atoms with van der Waals surface area (Å²) in [5.41, 5.74) is 2.59. The number of carbonyl (C=O) groups is 3. The molecule has 0 bridgehead atoms. The van der Waals surface area contributed by atoms with Gasteiger partial charge in [0.25, 0.3) is 11.8 Å². The van der Waals surface area contributed by atoms with Gasteiger partial charge in [-0.25, -0.2) is 0 Å². The zero-order valence-electron chi connectivity index (χ0n) is 17.2. The summed E-state index contributed by atoms with van der Waals surface area (Å²) in [6.07, 6.45) is 0.683. The zero-order valence-corrected chi connectivity index (χ0v) is 19.6. The van der Waals surface area contributed by atoms with E-state index in [9.17, 15) is 14.4 Å². The maximum absolute atomic E-state index is 13.5. The first-order chi connectivity index (χ1) is 15.4. The fourth-order valence-corrected chi connectivity index (χ4v) is 4.96. The summed E-state index contributed by atoms with van der Waals surface area (Å²) in [5, 5.41) is 0.615. The Labute approximate surface area is 200 Å². The average molecular weight is 487 g/mol. The van der Waals surface area contributed by atoms with Gasteiger partial charge >= 0.3 is 5.97 Å². The van der Waals surface area contributed by atoms with Crippen LogP contribution in [0.4, 0.5) is 5.69 Å². The van der Waals surface area contributed by atoms with Gasteiger partial charge in [-0.05, 0) is 30.2 Å². The number of esters is 1. The topological polar surface area (TPSA) is 66.9 Å². The number of hydrogen-bond donors (Lipinski definition) is 0. The van der Waals surface area contributed by atoms with Crippen LogP contribution >= 0.6 is 35.6 Å². The predicted molar refractivity (Wildman–Crippen MR) is 129 cm³/mol. The Bertz CT molecular complexity index is 1150. The van der Waals surface area contributed by atoms with E-state index < -0.39 is 11.9 Å². The number of anilines is 1. The summed E-state index contributed by atoms with van der Waals surface area (Å²) in [7, 11) is 0. The van der Waals surface area contributed by atoms with Crippen LogP contribution in [0.2, 0.25) is 5.02 Å². The molecule has 2 aliphatic heterocycles. The van der Waals surface area contributed by atoms with E-state index in [1.165, 1.54) is 4.90 Å². The first kappa shape index (κ1) is 22.5. The normalized spacial score (nSPS) is 17.9. The van der Waals surface area contributed by atoms with E-state index in [0.29, 0.717) is 29.1 Å². The molecule has 1 saturated heterocycles. The number of rotatable bonds is 6. The Kier molecular flexibility index (Phi) is 6.64. The van der Waals surface area contributed by atoms with E-state index in [1.807, 2.05) is 43.3 Å². The van der Waals surface area contributed by atoms with Crippen molar-refractivity contribution in [3.63, 3.8) is 0 Å². The number of ether oxygens (including phenoxy) is 1. The van der Waals surface area contributed by atoms with Crippen LogP contribution in [0.3, 0.4) is 0 Å². The Morgan fingerprint density at radius 1 is 1.06 bits per heavy atom. The summed E-state index contributed by atoms with van der Waals surface area (Å²) in [6, 6.07) is 14.6. The van der Waals surface area contributed by atoms with Crippen molar-refractivity contribution in [1.82, 2.24) is 4.90 Å². The van der Waals surface area contributed by atoms with Gasteiger partial charge in [0, 0.05) is 10.6 Å². The number of thioether (sulfide) groups is 1. The van der Waals surface area contributed by atoms with Crippen LogP contribution in [-0.4, -0.2) is 40.2 Å². The fourth-order valence-electron chi connectivity index (χ4n) is 3.51. The molecule has 2 aliphatic rings. The molecule has 0 saturated carbocycles. The van der Waals surface area contributed by atoms with Crippen molar-refractivity contribution >= 4 is 68.9 Å². The molecule has 0 aromatic heterocycles. The predicted octanol–water partition coefficient (Wildman–Crippen LogP) is 4.41. The summed E-state index contributed by atoms with van der Waals surface area (Å²) in [5.74, 6) is -1.27. The van der Waals surface area contributed by atoms with Crippen molar-refractivity contribution in [2.24, 2.45) is 0 Å². The maximum atomic E-state index is 13.5. The van der Waals surface area contributed by atoms with Crippen LogP contribution in [-0.2, 0) is 25.7 Å². The summed E-state index contributed by atoms with van der Waals surface area (Å²) in [4.78, 5) is 41.7. The number of para-hydroxylation sites is 1. The Balaban J connectivity index is 1.66. The second kappa shape index (κ2) is 9.44. The molecule has 2 aromatic carbocycles. The summed E-state index contributed by atoms with van der Waals surface area (Å²) >= 11 is 12.3. The molecular weight excluding hydrogens is 468 g/mol. The highest BCUT2D eigenvalue weighted by molar-refractivity contribution is 8.26. The number of carbonyl (C=O) groups excluding carboxylic acids is 3. The molecule has 164 valence electrons. The lowest BCUT2D eigenvalue weighted by Crippen LogP contribution is -2.34. The quantitative estimate of drug-likeness (QED) is 0.342. The molecule has 0 radical (unpaired) electrons. The Morgan fingerprint density at radius 3 is 2.50 bits per heavy atom. The van der Waals surface area contributed by atoms with Crippen LogP contribution in [0.1, 0.15) is 24.5 Å². The molecule has 0 aliphatic carbocycles. The van der Waals surface area contributed by atoms with Gasteiger partial charge in [-0.1, -0.05) is 72.8 Å². The highest BCUT2D eigenvalue weighted by Gasteiger charge is 2.42. The minimum absolute atomic E-state index is 0.229. The van der Waals surface area contributed by atoms with Gasteiger partial charge in [-0.2, -0.15) is 0 Å². The number of thiocarbonyl (C=S) groups is 1. The third kappa shape index (κ3) is 4.30. The fraction of sp³-hybridized carbons (Fsp3) is 0.217. The standard InChI is InChI=1S/C23H19ClN2O4S2/c1-2-11-30-18(27)13-26-22(29)20(32-23(26)31)19-16-5-3-4-6-17(16)25(21(19)28)12-14-7-9-15(24)10-8-14/h3-10H,2,11-13H2,1H3. The molecule has 0 atom stereocenters. The van der Waals surface area contributed by atoms with Gasteiger partial charge in [0.1, 0.15) is 10.9 Å². The zero-order chi connectivity index (χ0) is 22.8. The largest absolute Gasteiger partial charge is 0.464 e. The molecule has 9 heteroatoms. The third-order valence-corrected chi connectivity index (χ3v) is 6.71. The van der Waals surface area contributed by atoms with E-state index >= 15 is 0 Å². The van der Waals surface area contributed by atoms with Crippen molar-refractivity contribution in [3.05, 3.63) is 69.6 Å². The maximum Gasteiger partial charge on any atom is 0.326 e. The van der Waals surface area contributed by atoms with E-state index in [-0.39, 0.29) is 28.3 Å². The highest BCUT2D eigenvalue weighted by Crippen LogP contribution is 2.45. The summed E-state index contributed by atoms with van der Waals surface area (Å²) < 4.78 is 5.31.